The van der Waals surface area contributed by atoms with E-state index >= 15 is 0 Å². The van der Waals surface area contributed by atoms with Crippen LogP contribution in [0.5, 0.6) is 11.5 Å². The first-order valence-corrected chi connectivity index (χ1v) is 18.3. The number of rotatable bonds is 16. The van der Waals surface area contributed by atoms with Crippen LogP contribution in [0.15, 0.2) is 46.9 Å². The first-order chi connectivity index (χ1) is 18.0. The van der Waals surface area contributed by atoms with Crippen LogP contribution in [0, 0.1) is 0 Å². The molecule has 0 aliphatic heterocycles. The Morgan fingerprint density at radius 1 is 0.763 bits per heavy atom. The molecular formula is C33H51BrO3Si. The highest BCUT2D eigenvalue weighted by Crippen LogP contribution is 2.40. The minimum Gasteiger partial charge on any atom is -0.490 e. The fourth-order valence-electron chi connectivity index (χ4n) is 4.08. The zero-order valence-electron chi connectivity index (χ0n) is 25.2. The highest BCUT2D eigenvalue weighted by atomic mass is 79.9. The normalized spacial score (nSPS) is 12.9. The molecule has 2 aromatic rings. The summed E-state index contributed by atoms with van der Waals surface area (Å²) >= 11 is 3.69. The molecule has 0 amide bonds. The summed E-state index contributed by atoms with van der Waals surface area (Å²) in [6.45, 7) is 20.2. The molecule has 2 aromatic carbocycles. The van der Waals surface area contributed by atoms with E-state index < -0.39 is 8.32 Å². The van der Waals surface area contributed by atoms with Crippen LogP contribution in [0.3, 0.4) is 0 Å². The molecule has 0 radical (unpaired) electrons. The fraction of sp³-hybridized carbons (Fsp3) is 0.576. The fourth-order valence-corrected chi connectivity index (χ4v) is 5.42. The molecule has 5 heteroatoms. The van der Waals surface area contributed by atoms with E-state index in [0.29, 0.717) is 13.2 Å². The maximum atomic E-state index is 6.79. The predicted molar refractivity (Wildman–Crippen MR) is 171 cm³/mol. The van der Waals surface area contributed by atoms with E-state index in [0.717, 1.165) is 41.8 Å². The van der Waals surface area contributed by atoms with Gasteiger partial charge in [0.05, 0.1) is 19.8 Å². The van der Waals surface area contributed by atoms with Gasteiger partial charge in [-0.1, -0.05) is 101 Å². The van der Waals surface area contributed by atoms with Gasteiger partial charge in [-0.05, 0) is 83.9 Å². The van der Waals surface area contributed by atoms with Gasteiger partial charge >= 0.3 is 0 Å². The van der Waals surface area contributed by atoms with Crippen molar-refractivity contribution in [1.82, 2.24) is 0 Å². The number of allylic oxidation sites excluding steroid dienone is 1. The van der Waals surface area contributed by atoms with Gasteiger partial charge in [0.15, 0.2) is 19.8 Å². The Bertz CT molecular complexity index is 1020. The van der Waals surface area contributed by atoms with Crippen LogP contribution in [0.25, 0.3) is 11.1 Å². The minimum absolute atomic E-state index is 0.151. The van der Waals surface area contributed by atoms with Crippen molar-refractivity contribution in [2.75, 3.05) is 19.8 Å². The molecule has 0 aliphatic carbocycles. The van der Waals surface area contributed by atoms with Gasteiger partial charge in [-0.3, -0.25) is 0 Å². The molecule has 0 spiro atoms. The molecule has 38 heavy (non-hydrogen) atoms. The summed E-state index contributed by atoms with van der Waals surface area (Å²) < 4.78 is 20.4. The average Bonchev–Trinajstić information content (AvgIpc) is 2.87. The lowest BCUT2D eigenvalue weighted by atomic mass is 9.93. The van der Waals surface area contributed by atoms with Crippen LogP contribution in [-0.4, -0.2) is 28.1 Å². The molecule has 2 rings (SSSR count). The van der Waals surface area contributed by atoms with E-state index in [1.54, 1.807) is 0 Å². The van der Waals surface area contributed by atoms with Crippen molar-refractivity contribution in [2.45, 2.75) is 105 Å². The van der Waals surface area contributed by atoms with Gasteiger partial charge in [-0.15, -0.1) is 0 Å². The van der Waals surface area contributed by atoms with Crippen LogP contribution in [0.2, 0.25) is 18.1 Å². The summed E-state index contributed by atoms with van der Waals surface area (Å²) in [5.74, 6) is 1.69. The van der Waals surface area contributed by atoms with Crippen molar-refractivity contribution in [2.24, 2.45) is 0 Å². The largest absolute Gasteiger partial charge is 0.490 e. The van der Waals surface area contributed by atoms with Crippen molar-refractivity contribution in [3.8, 4) is 11.5 Å². The molecular weight excluding hydrogens is 552 g/mol. The Balaban J connectivity index is 2.53. The first kappa shape index (κ1) is 32.6. The number of halogens is 1. The Kier molecular flexibility index (Phi) is 13.6. The molecule has 0 saturated heterocycles. The van der Waals surface area contributed by atoms with Crippen LogP contribution in [0.1, 0.15) is 97.6 Å². The molecule has 212 valence electrons. The summed E-state index contributed by atoms with van der Waals surface area (Å²) in [6, 6.07) is 15.1. The van der Waals surface area contributed by atoms with E-state index in [9.17, 15) is 0 Å². The lowest BCUT2D eigenvalue weighted by Crippen LogP contribution is -2.41. The van der Waals surface area contributed by atoms with E-state index in [4.69, 9.17) is 13.9 Å². The number of hydrogen-bond donors (Lipinski definition) is 0. The summed E-state index contributed by atoms with van der Waals surface area (Å²) in [4.78, 5) is 0. The molecule has 0 unspecified atom stereocenters. The van der Waals surface area contributed by atoms with Gasteiger partial charge in [-0.2, -0.15) is 0 Å². The molecule has 3 nitrogen and oxygen atoms in total. The molecule has 0 N–H and O–H groups in total. The van der Waals surface area contributed by atoms with E-state index in [2.05, 4.69) is 113 Å². The Hall–Kier alpha value is -1.56. The number of hydrogen-bond acceptors (Lipinski definition) is 3. The molecule has 0 heterocycles. The van der Waals surface area contributed by atoms with Crippen LogP contribution in [0.4, 0.5) is 0 Å². The minimum atomic E-state index is -1.93. The second-order valence-corrected chi connectivity index (χ2v) is 17.4. The number of ether oxygens (including phenoxy) is 2. The van der Waals surface area contributed by atoms with Crippen molar-refractivity contribution < 1.29 is 13.9 Å². The molecule has 0 fully saturated rings. The molecule has 0 bridgehead atoms. The van der Waals surface area contributed by atoms with Crippen molar-refractivity contribution in [3.63, 3.8) is 0 Å². The quantitative estimate of drug-likeness (QED) is 0.109. The number of unbranched alkanes of at least 4 members (excludes halogenated alkanes) is 4. The standard InChI is InChI=1S/C33H51BrO3Si/c1-9-12-14-21-35-31-20-19-27(24-32(31)36-22-15-13-10-2)29(11-3)30(26-17-16-18-28(34)23-26)25-37-38(7,8)33(4,5)6/h16-20,23-24H,9-15,21-22,25H2,1-8H3/b30-29+. The van der Waals surface area contributed by atoms with E-state index in [1.165, 1.54) is 48.0 Å². The van der Waals surface area contributed by atoms with E-state index in [-0.39, 0.29) is 5.04 Å². The van der Waals surface area contributed by atoms with E-state index in [1.807, 2.05) is 0 Å². The SMILES string of the molecule is CCCCCOc1ccc(/C(CC)=C(\CO[Si](C)(C)C(C)(C)C)c2cccc(Br)c2)cc1OCCCCC. The highest BCUT2D eigenvalue weighted by Gasteiger charge is 2.37. The van der Waals surface area contributed by atoms with Crippen LogP contribution >= 0.6 is 15.9 Å². The zero-order valence-corrected chi connectivity index (χ0v) is 27.8. The predicted octanol–water partition coefficient (Wildman–Crippen LogP) is 10.9. The second kappa shape index (κ2) is 15.9. The van der Waals surface area contributed by atoms with Gasteiger partial charge in [0.25, 0.3) is 0 Å². The summed E-state index contributed by atoms with van der Waals surface area (Å²) in [5.41, 5.74) is 4.90. The van der Waals surface area contributed by atoms with Gasteiger partial charge in [0.2, 0.25) is 0 Å². The van der Waals surface area contributed by atoms with Crippen LogP contribution < -0.4 is 9.47 Å². The Morgan fingerprint density at radius 3 is 1.92 bits per heavy atom. The van der Waals surface area contributed by atoms with Gasteiger partial charge in [0, 0.05) is 4.47 Å². The van der Waals surface area contributed by atoms with Crippen LogP contribution in [-0.2, 0) is 4.43 Å². The first-order valence-electron chi connectivity index (χ1n) is 14.6. The lowest BCUT2D eigenvalue weighted by molar-refractivity contribution is 0.259. The summed E-state index contributed by atoms with van der Waals surface area (Å²) in [7, 11) is -1.93. The monoisotopic (exact) mass is 602 g/mol. The summed E-state index contributed by atoms with van der Waals surface area (Å²) in [6.07, 6.45) is 7.72. The third-order valence-corrected chi connectivity index (χ3v) is 12.5. The smallest absolute Gasteiger partial charge is 0.192 e. The maximum absolute atomic E-state index is 6.79. The lowest BCUT2D eigenvalue weighted by Gasteiger charge is -2.36. The van der Waals surface area contributed by atoms with Crippen molar-refractivity contribution in [3.05, 3.63) is 58.1 Å². The third kappa shape index (κ3) is 9.88. The van der Waals surface area contributed by atoms with Gasteiger partial charge < -0.3 is 13.9 Å². The highest BCUT2D eigenvalue weighted by molar-refractivity contribution is 9.10. The van der Waals surface area contributed by atoms with Gasteiger partial charge in [0.1, 0.15) is 0 Å². The molecule has 0 saturated carbocycles. The van der Waals surface area contributed by atoms with Gasteiger partial charge in [-0.25, -0.2) is 0 Å². The third-order valence-electron chi connectivity index (χ3n) is 7.58. The molecule has 0 aliphatic rings. The molecule has 0 atom stereocenters. The average molecular weight is 604 g/mol. The summed E-state index contributed by atoms with van der Waals surface area (Å²) in [5, 5.41) is 0.151. The Morgan fingerprint density at radius 2 is 1.37 bits per heavy atom. The zero-order chi connectivity index (χ0) is 28.2. The topological polar surface area (TPSA) is 27.7 Å². The van der Waals surface area contributed by atoms with Crippen molar-refractivity contribution >= 4 is 35.4 Å². The molecule has 0 aromatic heterocycles. The maximum Gasteiger partial charge on any atom is 0.192 e. The second-order valence-electron chi connectivity index (χ2n) is 11.6. The van der Waals surface area contributed by atoms with Crippen molar-refractivity contribution in [1.29, 1.82) is 0 Å². The number of benzene rings is 2. The Labute approximate surface area is 242 Å².